The predicted octanol–water partition coefficient (Wildman–Crippen LogP) is 3.63. The van der Waals surface area contributed by atoms with Crippen LogP contribution in [0.4, 0.5) is 0 Å². The highest BCUT2D eigenvalue weighted by molar-refractivity contribution is 5.31. The van der Waals surface area contributed by atoms with Crippen LogP contribution in [0.5, 0.6) is 11.5 Å². The van der Waals surface area contributed by atoms with Crippen LogP contribution in [0.2, 0.25) is 0 Å². The van der Waals surface area contributed by atoms with E-state index in [-0.39, 0.29) is 12.5 Å². The standard InChI is InChI=1S/C18H24N6O2/c1-3-5-17(23-13-11-19-21-23)25-15-7-9-16(10-8-15)26-18(6-4-2)24-14-12-20-22-24/h7-14,17-18H,3-6H2,1-2H3. The van der Waals surface area contributed by atoms with Crippen LogP contribution in [-0.2, 0) is 0 Å². The van der Waals surface area contributed by atoms with E-state index in [4.69, 9.17) is 9.47 Å². The minimum atomic E-state index is -0.169. The number of hydrogen-bond acceptors (Lipinski definition) is 6. The monoisotopic (exact) mass is 356 g/mol. The molecule has 2 unspecified atom stereocenters. The Morgan fingerprint density at radius 1 is 0.769 bits per heavy atom. The zero-order valence-electron chi connectivity index (χ0n) is 15.1. The van der Waals surface area contributed by atoms with Crippen LogP contribution in [0.15, 0.2) is 49.1 Å². The maximum Gasteiger partial charge on any atom is 0.193 e. The van der Waals surface area contributed by atoms with Crippen molar-refractivity contribution in [3.8, 4) is 11.5 Å². The van der Waals surface area contributed by atoms with Crippen molar-refractivity contribution in [3.63, 3.8) is 0 Å². The third kappa shape index (κ3) is 4.59. The third-order valence-corrected chi connectivity index (χ3v) is 3.91. The molecule has 0 fully saturated rings. The smallest absolute Gasteiger partial charge is 0.193 e. The van der Waals surface area contributed by atoms with Gasteiger partial charge in [0, 0.05) is 25.2 Å². The van der Waals surface area contributed by atoms with Crippen molar-refractivity contribution < 1.29 is 9.47 Å². The molecule has 0 aliphatic rings. The molecule has 0 saturated heterocycles. The average molecular weight is 356 g/mol. The van der Waals surface area contributed by atoms with Gasteiger partial charge in [0.05, 0.1) is 12.4 Å². The second-order valence-electron chi connectivity index (χ2n) is 5.96. The predicted molar refractivity (Wildman–Crippen MR) is 95.6 cm³/mol. The Bertz CT molecular complexity index is 677. The maximum absolute atomic E-state index is 6.06. The number of benzene rings is 1. The van der Waals surface area contributed by atoms with Crippen molar-refractivity contribution in [2.24, 2.45) is 0 Å². The van der Waals surface area contributed by atoms with Gasteiger partial charge in [0.15, 0.2) is 12.5 Å². The lowest BCUT2D eigenvalue weighted by atomic mass is 10.3. The van der Waals surface area contributed by atoms with Crippen LogP contribution in [-0.4, -0.2) is 30.0 Å². The van der Waals surface area contributed by atoms with E-state index < -0.39 is 0 Å². The lowest BCUT2D eigenvalue weighted by molar-refractivity contribution is 0.101. The number of hydrogen-bond donors (Lipinski definition) is 0. The second kappa shape index (κ2) is 8.98. The molecular weight excluding hydrogens is 332 g/mol. The van der Waals surface area contributed by atoms with Crippen molar-refractivity contribution in [3.05, 3.63) is 49.1 Å². The van der Waals surface area contributed by atoms with Gasteiger partial charge in [-0.25, -0.2) is 9.36 Å². The van der Waals surface area contributed by atoms with E-state index in [9.17, 15) is 0 Å². The Morgan fingerprint density at radius 3 is 1.50 bits per heavy atom. The summed E-state index contributed by atoms with van der Waals surface area (Å²) in [6.45, 7) is 4.23. The summed E-state index contributed by atoms with van der Waals surface area (Å²) in [7, 11) is 0. The van der Waals surface area contributed by atoms with E-state index in [0.717, 1.165) is 37.2 Å². The minimum absolute atomic E-state index is 0.169. The summed E-state index contributed by atoms with van der Waals surface area (Å²) >= 11 is 0. The van der Waals surface area contributed by atoms with Crippen LogP contribution in [0.25, 0.3) is 0 Å². The fourth-order valence-electron chi connectivity index (χ4n) is 2.64. The molecule has 0 aliphatic heterocycles. The summed E-state index contributed by atoms with van der Waals surface area (Å²) in [5, 5.41) is 15.8. The lowest BCUT2D eigenvalue weighted by Gasteiger charge is -2.20. The molecule has 138 valence electrons. The average Bonchev–Trinajstić information content (AvgIpc) is 3.36. The van der Waals surface area contributed by atoms with Gasteiger partial charge in [0.25, 0.3) is 0 Å². The first-order chi connectivity index (χ1) is 12.8. The molecule has 0 bridgehead atoms. The number of rotatable bonds is 10. The Hall–Kier alpha value is -2.90. The van der Waals surface area contributed by atoms with Crippen molar-refractivity contribution in [1.29, 1.82) is 0 Å². The number of ether oxygens (including phenoxy) is 2. The maximum atomic E-state index is 6.06. The molecule has 2 atom stereocenters. The molecule has 0 radical (unpaired) electrons. The van der Waals surface area contributed by atoms with E-state index in [1.165, 1.54) is 0 Å². The van der Waals surface area contributed by atoms with Crippen molar-refractivity contribution in [1.82, 2.24) is 30.0 Å². The SMILES string of the molecule is CCCC(Oc1ccc(OC(CCC)n2ccnn2)cc1)n1ccnn1. The lowest BCUT2D eigenvalue weighted by Crippen LogP contribution is -2.17. The molecule has 0 spiro atoms. The highest BCUT2D eigenvalue weighted by Gasteiger charge is 2.14. The molecule has 0 aliphatic carbocycles. The van der Waals surface area contributed by atoms with E-state index in [2.05, 4.69) is 34.5 Å². The van der Waals surface area contributed by atoms with Crippen LogP contribution in [0, 0.1) is 0 Å². The molecule has 0 amide bonds. The fraction of sp³-hybridized carbons (Fsp3) is 0.444. The number of nitrogens with zero attached hydrogens (tertiary/aromatic N) is 6. The zero-order valence-corrected chi connectivity index (χ0v) is 15.1. The zero-order chi connectivity index (χ0) is 18.2. The molecule has 1 aromatic carbocycles. The second-order valence-corrected chi connectivity index (χ2v) is 5.96. The molecule has 8 nitrogen and oxygen atoms in total. The van der Waals surface area contributed by atoms with E-state index in [1.807, 2.05) is 36.7 Å². The highest BCUT2D eigenvalue weighted by atomic mass is 16.5. The van der Waals surface area contributed by atoms with Gasteiger partial charge >= 0.3 is 0 Å². The normalized spacial score (nSPS) is 13.3. The van der Waals surface area contributed by atoms with Gasteiger partial charge in [-0.3, -0.25) is 0 Å². The van der Waals surface area contributed by atoms with Gasteiger partial charge in [-0.1, -0.05) is 37.1 Å². The van der Waals surface area contributed by atoms with E-state index in [0.29, 0.717) is 0 Å². The van der Waals surface area contributed by atoms with Gasteiger partial charge < -0.3 is 9.47 Å². The summed E-state index contributed by atoms with van der Waals surface area (Å²) in [4.78, 5) is 0. The molecule has 26 heavy (non-hydrogen) atoms. The van der Waals surface area contributed by atoms with Crippen molar-refractivity contribution >= 4 is 0 Å². The molecule has 3 aromatic rings. The largest absolute Gasteiger partial charge is 0.469 e. The summed E-state index contributed by atoms with van der Waals surface area (Å²) in [6, 6.07) is 7.61. The Balaban J connectivity index is 1.65. The van der Waals surface area contributed by atoms with E-state index in [1.54, 1.807) is 21.8 Å². The van der Waals surface area contributed by atoms with E-state index >= 15 is 0 Å². The van der Waals surface area contributed by atoms with Gasteiger partial charge in [-0.05, 0) is 24.3 Å². The summed E-state index contributed by atoms with van der Waals surface area (Å²) < 4.78 is 15.6. The summed E-state index contributed by atoms with van der Waals surface area (Å²) in [6.07, 6.45) is 10.3. The quantitative estimate of drug-likeness (QED) is 0.552. The molecule has 2 aromatic heterocycles. The van der Waals surface area contributed by atoms with Gasteiger partial charge in [-0.2, -0.15) is 0 Å². The Morgan fingerprint density at radius 2 is 1.19 bits per heavy atom. The Kier molecular flexibility index (Phi) is 6.19. The van der Waals surface area contributed by atoms with Gasteiger partial charge in [0.1, 0.15) is 11.5 Å². The number of aromatic nitrogens is 6. The highest BCUT2D eigenvalue weighted by Crippen LogP contribution is 2.26. The van der Waals surface area contributed by atoms with Crippen LogP contribution in [0.3, 0.4) is 0 Å². The summed E-state index contributed by atoms with van der Waals surface area (Å²) in [5.41, 5.74) is 0. The first kappa shape index (κ1) is 17.9. The topological polar surface area (TPSA) is 79.9 Å². The van der Waals surface area contributed by atoms with Crippen LogP contribution in [0.1, 0.15) is 52.0 Å². The molecule has 2 heterocycles. The molecule has 0 N–H and O–H groups in total. The first-order valence-electron chi connectivity index (χ1n) is 8.95. The van der Waals surface area contributed by atoms with Crippen LogP contribution >= 0.6 is 0 Å². The fourth-order valence-corrected chi connectivity index (χ4v) is 2.64. The third-order valence-electron chi connectivity index (χ3n) is 3.91. The summed E-state index contributed by atoms with van der Waals surface area (Å²) in [5.74, 6) is 1.53. The molecule has 3 rings (SSSR count). The van der Waals surface area contributed by atoms with Crippen LogP contribution < -0.4 is 9.47 Å². The molecule has 0 saturated carbocycles. The van der Waals surface area contributed by atoms with Crippen molar-refractivity contribution in [2.75, 3.05) is 0 Å². The van der Waals surface area contributed by atoms with Gasteiger partial charge in [0.2, 0.25) is 0 Å². The molecular formula is C18H24N6O2. The Labute approximate surface area is 152 Å². The minimum Gasteiger partial charge on any atom is -0.469 e. The van der Waals surface area contributed by atoms with Gasteiger partial charge in [-0.15, -0.1) is 10.2 Å². The molecule has 8 heteroatoms. The van der Waals surface area contributed by atoms with Crippen molar-refractivity contribution in [2.45, 2.75) is 52.0 Å². The first-order valence-corrected chi connectivity index (χ1v) is 8.95.